The highest BCUT2D eigenvalue weighted by Crippen LogP contribution is 2.51. The molecule has 9 nitrogen and oxygen atoms in total. The molecule has 0 radical (unpaired) electrons. The van der Waals surface area contributed by atoms with E-state index in [4.69, 9.17) is 39.8 Å². The summed E-state index contributed by atoms with van der Waals surface area (Å²) in [6, 6.07) is 9.36. The molecule has 1 aromatic rings. The van der Waals surface area contributed by atoms with E-state index in [-0.39, 0.29) is 0 Å². The van der Waals surface area contributed by atoms with Gasteiger partial charge in [0.2, 0.25) is 4.28 Å². The molecular formula is C16H32O9Si3. The van der Waals surface area contributed by atoms with Crippen molar-refractivity contribution in [2.75, 3.05) is 64.0 Å². The van der Waals surface area contributed by atoms with E-state index in [1.807, 2.05) is 30.3 Å². The molecule has 1 aromatic carbocycles. The zero-order valence-corrected chi connectivity index (χ0v) is 21.1. The largest absolute Gasteiger partial charge is 0.520 e. The van der Waals surface area contributed by atoms with Crippen LogP contribution in [-0.2, 0) is 44.1 Å². The van der Waals surface area contributed by atoms with E-state index in [1.54, 1.807) is 0 Å². The van der Waals surface area contributed by atoms with Gasteiger partial charge in [0.1, 0.15) is 0 Å². The third kappa shape index (κ3) is 3.36. The van der Waals surface area contributed by atoms with Crippen molar-refractivity contribution >= 4 is 26.4 Å². The van der Waals surface area contributed by atoms with Gasteiger partial charge in [0.25, 0.3) is 0 Å². The molecule has 0 atom stereocenters. The van der Waals surface area contributed by atoms with Crippen molar-refractivity contribution < 1.29 is 39.8 Å². The smallest absolute Gasteiger partial charge is 0.376 e. The molecule has 0 spiro atoms. The lowest BCUT2D eigenvalue weighted by Crippen LogP contribution is -2.87. The molecule has 1 rings (SSSR count). The van der Waals surface area contributed by atoms with Gasteiger partial charge in [-0.25, -0.2) is 0 Å². The second kappa shape index (κ2) is 10.5. The standard InChI is InChI=1S/C16H32O9Si3/c1-17-26(18-2,19-3)16(15-13-11-10-12-14-15,27(20-4,21-5)22-6)28(23-7,24-8)25-9/h10-14H,1-9H3. The lowest BCUT2D eigenvalue weighted by molar-refractivity contribution is 0.0334. The van der Waals surface area contributed by atoms with Gasteiger partial charge in [0.05, 0.1) is 0 Å². The molecule has 0 amide bonds. The predicted molar refractivity (Wildman–Crippen MR) is 108 cm³/mol. The summed E-state index contributed by atoms with van der Waals surface area (Å²) < 4.78 is 52.3. The van der Waals surface area contributed by atoms with Crippen LogP contribution in [0.4, 0.5) is 0 Å². The Hall–Kier alpha value is -0.489. The summed E-state index contributed by atoms with van der Waals surface area (Å²) in [6.45, 7) is 0. The molecule has 0 aromatic heterocycles. The first-order valence-electron chi connectivity index (χ1n) is 8.42. The van der Waals surface area contributed by atoms with Gasteiger partial charge in [-0.3, -0.25) is 0 Å². The Kier molecular flexibility index (Phi) is 9.59. The van der Waals surface area contributed by atoms with Gasteiger partial charge >= 0.3 is 26.4 Å². The van der Waals surface area contributed by atoms with E-state index in [2.05, 4.69) is 0 Å². The summed E-state index contributed by atoms with van der Waals surface area (Å²) in [5.74, 6) is 0. The van der Waals surface area contributed by atoms with Crippen LogP contribution in [0, 0.1) is 0 Å². The Morgan fingerprint density at radius 1 is 0.464 bits per heavy atom. The molecule has 0 aliphatic heterocycles. The van der Waals surface area contributed by atoms with Crippen LogP contribution in [-0.4, -0.2) is 90.4 Å². The van der Waals surface area contributed by atoms with Crippen LogP contribution in [0.3, 0.4) is 0 Å². The monoisotopic (exact) mass is 452 g/mol. The number of hydrogen-bond acceptors (Lipinski definition) is 9. The van der Waals surface area contributed by atoms with E-state index in [0.717, 1.165) is 0 Å². The van der Waals surface area contributed by atoms with E-state index in [1.165, 1.54) is 64.0 Å². The fourth-order valence-corrected chi connectivity index (χ4v) is 19.7. The molecule has 0 unspecified atom stereocenters. The summed E-state index contributed by atoms with van der Waals surface area (Å²) in [5.41, 5.74) is 0.682. The van der Waals surface area contributed by atoms with Gasteiger partial charge in [-0.1, -0.05) is 30.3 Å². The van der Waals surface area contributed by atoms with Gasteiger partial charge in [-0.2, -0.15) is 0 Å². The van der Waals surface area contributed by atoms with Crippen LogP contribution in [0.25, 0.3) is 0 Å². The van der Waals surface area contributed by atoms with E-state index in [9.17, 15) is 0 Å². The van der Waals surface area contributed by atoms with Crippen molar-refractivity contribution in [3.8, 4) is 0 Å². The van der Waals surface area contributed by atoms with Crippen molar-refractivity contribution in [2.24, 2.45) is 0 Å². The van der Waals surface area contributed by atoms with Crippen molar-refractivity contribution in [2.45, 2.75) is 4.28 Å². The van der Waals surface area contributed by atoms with Crippen LogP contribution >= 0.6 is 0 Å². The lowest BCUT2D eigenvalue weighted by atomic mass is 10.2. The van der Waals surface area contributed by atoms with E-state index >= 15 is 0 Å². The third-order valence-electron chi connectivity index (χ3n) is 5.00. The molecule has 0 aliphatic rings. The summed E-state index contributed by atoms with van der Waals surface area (Å²) in [4.78, 5) is 0. The minimum atomic E-state index is -3.76. The first-order valence-corrected chi connectivity index (χ1v) is 13.6. The number of rotatable bonds is 13. The lowest BCUT2D eigenvalue weighted by Gasteiger charge is -2.53. The van der Waals surface area contributed by atoms with E-state index < -0.39 is 30.7 Å². The van der Waals surface area contributed by atoms with E-state index in [0.29, 0.717) is 5.56 Å². The van der Waals surface area contributed by atoms with Gasteiger partial charge in [-0.15, -0.1) is 0 Å². The zero-order chi connectivity index (χ0) is 21.5. The molecular weight excluding hydrogens is 420 g/mol. The SMILES string of the molecule is CO[Si](OC)(OC)C(c1ccccc1)([Si](OC)(OC)OC)[Si](OC)(OC)OC. The molecule has 0 saturated heterocycles. The highest BCUT2D eigenvalue weighted by Gasteiger charge is 2.89. The Balaban J connectivity index is 4.33. The summed E-state index contributed by atoms with van der Waals surface area (Å²) in [5, 5.41) is 0. The van der Waals surface area contributed by atoms with Crippen molar-refractivity contribution in [1.82, 2.24) is 0 Å². The van der Waals surface area contributed by atoms with Gasteiger partial charge in [-0.05, 0) is 5.56 Å². The molecule has 0 aliphatic carbocycles. The molecule has 162 valence electrons. The van der Waals surface area contributed by atoms with Gasteiger partial charge < -0.3 is 39.8 Å². The molecule has 0 bridgehead atoms. The minimum absolute atomic E-state index is 0.682. The number of hydrogen-bond donors (Lipinski definition) is 0. The molecule has 0 N–H and O–H groups in total. The van der Waals surface area contributed by atoms with Crippen molar-refractivity contribution in [3.63, 3.8) is 0 Å². The highest BCUT2D eigenvalue weighted by atomic mass is 28.5. The van der Waals surface area contributed by atoms with Crippen molar-refractivity contribution in [1.29, 1.82) is 0 Å². The molecule has 0 heterocycles. The summed E-state index contributed by atoms with van der Waals surface area (Å²) >= 11 is 0. The number of benzene rings is 1. The molecule has 0 saturated carbocycles. The van der Waals surface area contributed by atoms with Crippen LogP contribution in [0.15, 0.2) is 30.3 Å². The first-order chi connectivity index (χ1) is 13.4. The fraction of sp³-hybridized carbons (Fsp3) is 0.625. The van der Waals surface area contributed by atoms with Crippen molar-refractivity contribution in [3.05, 3.63) is 35.9 Å². The predicted octanol–water partition coefficient (Wildman–Crippen LogP) is 1.18. The normalized spacial score (nSPS) is 13.8. The topological polar surface area (TPSA) is 83.1 Å². The molecule has 0 fully saturated rings. The van der Waals surface area contributed by atoms with Crippen LogP contribution < -0.4 is 0 Å². The first kappa shape index (κ1) is 25.5. The summed E-state index contributed by atoms with van der Waals surface area (Å²) in [6.07, 6.45) is 0. The second-order valence-electron chi connectivity index (χ2n) is 5.62. The Bertz CT molecular complexity index is 503. The van der Waals surface area contributed by atoms with Crippen LogP contribution in [0.2, 0.25) is 0 Å². The Morgan fingerprint density at radius 2 is 0.714 bits per heavy atom. The molecule has 12 heteroatoms. The Morgan fingerprint density at radius 3 is 0.929 bits per heavy atom. The molecule has 28 heavy (non-hydrogen) atoms. The van der Waals surface area contributed by atoms with Crippen LogP contribution in [0.5, 0.6) is 0 Å². The maximum Gasteiger partial charge on any atom is 0.520 e. The highest BCUT2D eigenvalue weighted by molar-refractivity contribution is 7.02. The van der Waals surface area contributed by atoms with Gasteiger partial charge in [0, 0.05) is 64.0 Å². The fourth-order valence-electron chi connectivity index (χ4n) is 3.91. The minimum Gasteiger partial charge on any atom is -0.376 e. The maximum atomic E-state index is 5.96. The zero-order valence-electron chi connectivity index (χ0n) is 18.1. The third-order valence-corrected chi connectivity index (χ3v) is 19.0. The van der Waals surface area contributed by atoms with Crippen LogP contribution in [0.1, 0.15) is 5.56 Å². The second-order valence-corrected chi connectivity index (χ2v) is 16.4. The average molecular weight is 453 g/mol. The maximum absolute atomic E-state index is 5.96. The summed E-state index contributed by atoms with van der Waals surface area (Å²) in [7, 11) is 2.19. The van der Waals surface area contributed by atoms with Gasteiger partial charge in [0.15, 0.2) is 0 Å². The average Bonchev–Trinajstić information content (AvgIpc) is 2.78. The Labute approximate surface area is 170 Å². The quantitative estimate of drug-likeness (QED) is 0.410.